The Hall–Kier alpha value is -7.52. The lowest BCUT2D eigenvalue weighted by Crippen LogP contribution is -2.15. The second-order valence-electron chi connectivity index (χ2n) is 18.0. The summed E-state index contributed by atoms with van der Waals surface area (Å²) in [5.41, 5.74) is 14.2. The molecule has 11 aromatic carbocycles. The van der Waals surface area contributed by atoms with Gasteiger partial charge in [0.25, 0.3) is 0 Å². The number of aromatic nitrogens is 1. The van der Waals surface area contributed by atoms with Crippen LogP contribution in [0.3, 0.4) is 0 Å². The molecule has 0 saturated heterocycles. The average Bonchev–Trinajstić information content (AvgIpc) is 3.96. The summed E-state index contributed by atoms with van der Waals surface area (Å²) in [5, 5.41) is 15.5. The fourth-order valence-electron chi connectivity index (χ4n) is 11.4. The second-order valence-corrected chi connectivity index (χ2v) is 19.0. The van der Waals surface area contributed by atoms with Crippen LogP contribution in [0.25, 0.3) is 124 Å². The number of para-hydroxylation sites is 2. The average molecular weight is 818 g/mol. The van der Waals surface area contributed by atoms with Gasteiger partial charge in [0.1, 0.15) is 0 Å². The molecule has 0 bridgehead atoms. The monoisotopic (exact) mass is 817 g/mol. The van der Waals surface area contributed by atoms with Crippen molar-refractivity contribution in [2.24, 2.45) is 0 Å². The summed E-state index contributed by atoms with van der Waals surface area (Å²) in [7, 11) is 0. The molecule has 1 aliphatic carbocycles. The molecule has 0 N–H and O–H groups in total. The zero-order chi connectivity index (χ0) is 41.6. The molecule has 0 spiro atoms. The standard InChI is InChI=1S/C61H39NS/c1-61(2)53-22-12-10-21-48(53)58-44-19-8-6-16-40(44)49(35-54(58)61)38-26-31-57-52(34-38)51-33-37(25-30-56(51)63-57)36-24-27-42-46-28-29-47-43-18-11-13-23-55(43)62(39-14-4-3-5-15-39)60(47)59(46)45-20-9-7-17-41(45)50(42)32-36/h3-35H,1-2H3. The van der Waals surface area contributed by atoms with E-state index in [1.165, 1.54) is 135 Å². The molecular weight excluding hydrogens is 779 g/mol. The Kier molecular flexibility index (Phi) is 7.12. The summed E-state index contributed by atoms with van der Waals surface area (Å²) < 4.78 is 5.11. The predicted octanol–water partition coefficient (Wildman–Crippen LogP) is 17.4. The van der Waals surface area contributed by atoms with Crippen molar-refractivity contribution in [2.45, 2.75) is 19.3 Å². The second kappa shape index (κ2) is 12.8. The largest absolute Gasteiger partial charge is 0.309 e. The van der Waals surface area contributed by atoms with E-state index in [1.54, 1.807) is 0 Å². The lowest BCUT2D eigenvalue weighted by Gasteiger charge is -2.23. The predicted molar refractivity (Wildman–Crippen MR) is 272 cm³/mol. The van der Waals surface area contributed by atoms with E-state index in [9.17, 15) is 0 Å². The van der Waals surface area contributed by atoms with E-state index in [1.807, 2.05) is 11.3 Å². The highest BCUT2D eigenvalue weighted by Crippen LogP contribution is 2.53. The van der Waals surface area contributed by atoms with Crippen LogP contribution in [0.15, 0.2) is 200 Å². The Morgan fingerprint density at radius 3 is 1.73 bits per heavy atom. The number of rotatable bonds is 3. The zero-order valence-corrected chi connectivity index (χ0v) is 35.7. The molecule has 2 aromatic heterocycles. The Bertz CT molecular complexity index is 4090. The Morgan fingerprint density at radius 2 is 0.921 bits per heavy atom. The van der Waals surface area contributed by atoms with Crippen LogP contribution in [-0.2, 0) is 5.41 Å². The van der Waals surface area contributed by atoms with Gasteiger partial charge in [0.15, 0.2) is 0 Å². The SMILES string of the molecule is CC1(C)c2ccccc2-c2c1cc(-c1ccc3sc4ccc(-c5ccc6c(c5)c5ccccc5c5c6ccc6c7ccccc7n(-c7ccccc7)c65)cc4c3c1)c1ccccc21. The highest BCUT2D eigenvalue weighted by molar-refractivity contribution is 7.25. The van der Waals surface area contributed by atoms with Gasteiger partial charge in [0, 0.05) is 47.4 Å². The highest BCUT2D eigenvalue weighted by atomic mass is 32.1. The molecule has 13 aromatic rings. The van der Waals surface area contributed by atoms with Crippen LogP contribution in [-0.4, -0.2) is 4.57 Å². The van der Waals surface area contributed by atoms with E-state index >= 15 is 0 Å². The van der Waals surface area contributed by atoms with Crippen LogP contribution in [0.4, 0.5) is 0 Å². The molecular formula is C61H39NS. The molecule has 2 heterocycles. The number of hydrogen-bond donors (Lipinski definition) is 0. The normalized spacial score (nSPS) is 13.4. The number of benzene rings is 11. The van der Waals surface area contributed by atoms with E-state index in [-0.39, 0.29) is 5.41 Å². The first-order valence-corrected chi connectivity index (χ1v) is 22.8. The van der Waals surface area contributed by atoms with Crippen molar-refractivity contribution in [3.05, 3.63) is 211 Å². The quantitative estimate of drug-likeness (QED) is 0.157. The first-order valence-electron chi connectivity index (χ1n) is 22.0. The van der Waals surface area contributed by atoms with E-state index in [0.717, 1.165) is 0 Å². The topological polar surface area (TPSA) is 4.93 Å². The Balaban J connectivity index is 0.956. The van der Waals surface area contributed by atoms with Gasteiger partial charge in [0.2, 0.25) is 0 Å². The van der Waals surface area contributed by atoms with Gasteiger partial charge in [-0.05, 0) is 137 Å². The van der Waals surface area contributed by atoms with Crippen molar-refractivity contribution in [3.8, 4) is 39.1 Å². The molecule has 63 heavy (non-hydrogen) atoms. The van der Waals surface area contributed by atoms with Gasteiger partial charge in [-0.2, -0.15) is 0 Å². The van der Waals surface area contributed by atoms with E-state index < -0.39 is 0 Å². The summed E-state index contributed by atoms with van der Waals surface area (Å²) in [6.45, 7) is 4.77. The lowest BCUT2D eigenvalue weighted by molar-refractivity contribution is 0.661. The van der Waals surface area contributed by atoms with Crippen LogP contribution < -0.4 is 0 Å². The van der Waals surface area contributed by atoms with Gasteiger partial charge in [-0.3, -0.25) is 0 Å². The molecule has 1 aliphatic rings. The van der Waals surface area contributed by atoms with Gasteiger partial charge in [0.05, 0.1) is 11.0 Å². The summed E-state index contributed by atoms with van der Waals surface area (Å²) in [6.07, 6.45) is 0. The van der Waals surface area contributed by atoms with Crippen molar-refractivity contribution in [1.29, 1.82) is 0 Å². The van der Waals surface area contributed by atoms with Crippen LogP contribution in [0, 0.1) is 0 Å². The molecule has 0 fully saturated rings. The van der Waals surface area contributed by atoms with E-state index in [4.69, 9.17) is 0 Å². The number of thiophene rings is 1. The fraction of sp³-hybridized carbons (Fsp3) is 0.0492. The van der Waals surface area contributed by atoms with Crippen LogP contribution >= 0.6 is 11.3 Å². The molecule has 294 valence electrons. The first-order chi connectivity index (χ1) is 31.0. The van der Waals surface area contributed by atoms with Crippen LogP contribution in [0.2, 0.25) is 0 Å². The minimum atomic E-state index is -0.0787. The van der Waals surface area contributed by atoms with Crippen molar-refractivity contribution >= 4 is 96.4 Å². The van der Waals surface area contributed by atoms with Gasteiger partial charge < -0.3 is 4.57 Å². The third kappa shape index (κ3) is 4.82. The molecule has 0 saturated carbocycles. The van der Waals surface area contributed by atoms with Crippen molar-refractivity contribution in [1.82, 2.24) is 4.57 Å². The summed E-state index contributed by atoms with van der Waals surface area (Å²) in [4.78, 5) is 0. The van der Waals surface area contributed by atoms with Crippen LogP contribution in [0.5, 0.6) is 0 Å². The van der Waals surface area contributed by atoms with Crippen LogP contribution in [0.1, 0.15) is 25.0 Å². The summed E-state index contributed by atoms with van der Waals surface area (Å²) >= 11 is 1.89. The number of hydrogen-bond acceptors (Lipinski definition) is 1. The number of fused-ring (bicyclic) bond motifs is 18. The molecule has 0 aliphatic heterocycles. The third-order valence-electron chi connectivity index (χ3n) is 14.3. The molecule has 0 unspecified atom stereocenters. The van der Waals surface area contributed by atoms with Gasteiger partial charge in [-0.1, -0.05) is 159 Å². The lowest BCUT2D eigenvalue weighted by atomic mass is 9.80. The highest BCUT2D eigenvalue weighted by Gasteiger charge is 2.37. The summed E-state index contributed by atoms with van der Waals surface area (Å²) in [5.74, 6) is 0. The van der Waals surface area contributed by atoms with Gasteiger partial charge in [-0.15, -0.1) is 11.3 Å². The van der Waals surface area contributed by atoms with Gasteiger partial charge in [-0.25, -0.2) is 0 Å². The number of nitrogens with zero attached hydrogens (tertiary/aromatic N) is 1. The third-order valence-corrected chi connectivity index (χ3v) is 15.5. The Labute approximate surface area is 368 Å². The molecule has 0 atom stereocenters. The maximum absolute atomic E-state index is 2.49. The summed E-state index contributed by atoms with van der Waals surface area (Å²) in [6, 6.07) is 75.3. The molecule has 0 amide bonds. The molecule has 0 radical (unpaired) electrons. The molecule has 14 rings (SSSR count). The minimum Gasteiger partial charge on any atom is -0.309 e. The van der Waals surface area contributed by atoms with Crippen molar-refractivity contribution < 1.29 is 0 Å². The Morgan fingerprint density at radius 1 is 0.365 bits per heavy atom. The maximum Gasteiger partial charge on any atom is 0.0625 e. The van der Waals surface area contributed by atoms with Crippen molar-refractivity contribution in [2.75, 3.05) is 0 Å². The maximum atomic E-state index is 2.49. The van der Waals surface area contributed by atoms with Crippen molar-refractivity contribution in [3.63, 3.8) is 0 Å². The first kappa shape index (κ1) is 35.1. The van der Waals surface area contributed by atoms with E-state index in [2.05, 4.69) is 219 Å². The van der Waals surface area contributed by atoms with Gasteiger partial charge >= 0.3 is 0 Å². The van der Waals surface area contributed by atoms with E-state index in [0.29, 0.717) is 0 Å². The smallest absolute Gasteiger partial charge is 0.0625 e. The minimum absolute atomic E-state index is 0.0787. The molecule has 1 nitrogen and oxygen atoms in total. The zero-order valence-electron chi connectivity index (χ0n) is 34.9. The fourth-order valence-corrected chi connectivity index (χ4v) is 12.5. The molecule has 2 heteroatoms.